The Bertz CT molecular complexity index is 1440. The molecule has 0 aliphatic heterocycles. The van der Waals surface area contributed by atoms with Crippen LogP contribution in [0.5, 0.6) is 0 Å². The van der Waals surface area contributed by atoms with Crippen LogP contribution in [0.3, 0.4) is 0 Å². The van der Waals surface area contributed by atoms with Crippen LogP contribution in [0.1, 0.15) is 48.9 Å². The highest BCUT2D eigenvalue weighted by molar-refractivity contribution is 9.10. The summed E-state index contributed by atoms with van der Waals surface area (Å²) < 4.78 is 27.8. The molecule has 0 fully saturated rings. The summed E-state index contributed by atoms with van der Waals surface area (Å²) in [5.74, 6) is -0.431. The van der Waals surface area contributed by atoms with Gasteiger partial charge in [0.25, 0.3) is 0 Å². The molecular formula is C32H40BrN3O4S. The predicted molar refractivity (Wildman–Crippen MR) is 169 cm³/mol. The molecule has 3 aromatic rings. The van der Waals surface area contributed by atoms with Gasteiger partial charge in [-0.1, -0.05) is 70.5 Å². The van der Waals surface area contributed by atoms with Crippen molar-refractivity contribution >= 4 is 43.5 Å². The van der Waals surface area contributed by atoms with Gasteiger partial charge in [-0.3, -0.25) is 13.9 Å². The normalized spacial score (nSPS) is 12.2. The Balaban J connectivity index is 1.90. The molecule has 9 heteroatoms. The van der Waals surface area contributed by atoms with Gasteiger partial charge in [-0.15, -0.1) is 0 Å². The Morgan fingerprint density at radius 1 is 0.927 bits per heavy atom. The van der Waals surface area contributed by atoms with Crippen LogP contribution in [0.2, 0.25) is 0 Å². The van der Waals surface area contributed by atoms with Crippen molar-refractivity contribution in [3.8, 4) is 0 Å². The molecule has 0 saturated heterocycles. The Kier molecular flexibility index (Phi) is 11.5. The topological polar surface area (TPSA) is 86.8 Å². The highest BCUT2D eigenvalue weighted by Gasteiger charge is 2.31. The standard InChI is InChI=1S/C32H40BrN3O4S/c1-23(2)34-32(38)30(21-26-11-7-6-8-12-26)35(22-27-13-9-14-28(33)20-27)31(37)15-10-18-36(41(5,39)40)29-19-24(3)16-17-25(29)4/h6-9,11-14,16-17,19-20,23,30H,10,15,18,21-22H2,1-5H3,(H,34,38)/t30-/m0/s1. The van der Waals surface area contributed by atoms with Gasteiger partial charge in [0.05, 0.1) is 11.9 Å². The van der Waals surface area contributed by atoms with E-state index < -0.39 is 16.1 Å². The number of sulfonamides is 1. The van der Waals surface area contributed by atoms with Crippen molar-refractivity contribution in [2.75, 3.05) is 17.1 Å². The van der Waals surface area contributed by atoms with E-state index in [9.17, 15) is 18.0 Å². The summed E-state index contributed by atoms with van der Waals surface area (Å²) in [6.45, 7) is 7.98. The second kappa shape index (κ2) is 14.6. The molecule has 7 nitrogen and oxygen atoms in total. The molecule has 0 saturated carbocycles. The number of nitrogens with one attached hydrogen (secondary N) is 1. The molecule has 0 unspecified atom stereocenters. The average Bonchev–Trinajstić information content (AvgIpc) is 2.89. The van der Waals surface area contributed by atoms with Crippen molar-refractivity contribution in [3.05, 3.63) is 99.5 Å². The highest BCUT2D eigenvalue weighted by Crippen LogP contribution is 2.25. The first-order valence-corrected chi connectivity index (χ1v) is 16.4. The van der Waals surface area contributed by atoms with E-state index in [0.29, 0.717) is 18.5 Å². The number of amides is 2. The molecule has 0 aliphatic rings. The zero-order chi connectivity index (χ0) is 30.2. The maximum Gasteiger partial charge on any atom is 0.243 e. The Labute approximate surface area is 253 Å². The van der Waals surface area contributed by atoms with E-state index in [1.807, 2.05) is 100 Å². The summed E-state index contributed by atoms with van der Waals surface area (Å²) in [6, 6.07) is 22.2. The molecule has 220 valence electrons. The third-order valence-electron chi connectivity index (χ3n) is 6.73. The highest BCUT2D eigenvalue weighted by atomic mass is 79.9. The predicted octanol–water partition coefficient (Wildman–Crippen LogP) is 5.78. The summed E-state index contributed by atoms with van der Waals surface area (Å²) in [4.78, 5) is 29.1. The third kappa shape index (κ3) is 9.71. The second-order valence-electron chi connectivity index (χ2n) is 10.7. The maximum absolute atomic E-state index is 13.9. The number of halogens is 1. The van der Waals surface area contributed by atoms with Gasteiger partial charge in [-0.25, -0.2) is 8.42 Å². The number of hydrogen-bond acceptors (Lipinski definition) is 4. The maximum atomic E-state index is 13.9. The molecule has 2 amide bonds. The summed E-state index contributed by atoms with van der Waals surface area (Å²) in [6.07, 6.45) is 1.93. The average molecular weight is 643 g/mol. The number of carbonyl (C=O) groups is 2. The molecule has 3 rings (SSSR count). The quantitative estimate of drug-likeness (QED) is 0.256. The lowest BCUT2D eigenvalue weighted by Gasteiger charge is -2.32. The first-order chi connectivity index (χ1) is 19.3. The Morgan fingerprint density at radius 2 is 1.61 bits per heavy atom. The minimum absolute atomic E-state index is 0.0884. The second-order valence-corrected chi connectivity index (χ2v) is 13.6. The van der Waals surface area contributed by atoms with Crippen molar-refractivity contribution in [3.63, 3.8) is 0 Å². The molecular weight excluding hydrogens is 602 g/mol. The van der Waals surface area contributed by atoms with Gasteiger partial charge >= 0.3 is 0 Å². The van der Waals surface area contributed by atoms with Gasteiger partial charge in [-0.2, -0.15) is 0 Å². The van der Waals surface area contributed by atoms with Crippen LogP contribution in [0.25, 0.3) is 0 Å². The molecule has 3 aromatic carbocycles. The first-order valence-electron chi connectivity index (χ1n) is 13.8. The lowest BCUT2D eigenvalue weighted by molar-refractivity contribution is -0.141. The van der Waals surface area contributed by atoms with Gasteiger partial charge in [0, 0.05) is 36.4 Å². The van der Waals surface area contributed by atoms with E-state index in [2.05, 4.69) is 21.2 Å². The zero-order valence-electron chi connectivity index (χ0n) is 24.4. The molecule has 0 heterocycles. The molecule has 0 radical (unpaired) electrons. The fraction of sp³-hybridized carbons (Fsp3) is 0.375. The SMILES string of the molecule is Cc1ccc(C)c(N(CCCC(=O)N(Cc2cccc(Br)c2)[C@@H](Cc2ccccc2)C(=O)NC(C)C)S(C)(=O)=O)c1. The molecule has 1 atom stereocenters. The molecule has 1 N–H and O–H groups in total. The van der Waals surface area contributed by atoms with Gasteiger partial charge in [0.1, 0.15) is 6.04 Å². The Morgan fingerprint density at radius 3 is 2.24 bits per heavy atom. The van der Waals surface area contributed by atoms with E-state index >= 15 is 0 Å². The van der Waals surface area contributed by atoms with Crippen LogP contribution in [-0.2, 0) is 32.6 Å². The third-order valence-corrected chi connectivity index (χ3v) is 8.40. The molecule has 0 aliphatic carbocycles. The van der Waals surface area contributed by atoms with Crippen molar-refractivity contribution in [1.29, 1.82) is 0 Å². The largest absolute Gasteiger partial charge is 0.352 e. The van der Waals surface area contributed by atoms with Crippen LogP contribution in [-0.4, -0.2) is 50.0 Å². The summed E-state index contributed by atoms with van der Waals surface area (Å²) in [5, 5.41) is 2.99. The first kappa shape index (κ1) is 32.3. The van der Waals surface area contributed by atoms with E-state index in [-0.39, 0.29) is 37.4 Å². The minimum Gasteiger partial charge on any atom is -0.352 e. The summed E-state index contributed by atoms with van der Waals surface area (Å²) in [5.41, 5.74) is 4.24. The van der Waals surface area contributed by atoms with Crippen molar-refractivity contribution < 1.29 is 18.0 Å². The molecule has 0 spiro atoms. The van der Waals surface area contributed by atoms with Gasteiger partial charge in [0.15, 0.2) is 0 Å². The van der Waals surface area contributed by atoms with E-state index in [1.54, 1.807) is 4.90 Å². The fourth-order valence-corrected chi connectivity index (χ4v) is 6.20. The molecule has 41 heavy (non-hydrogen) atoms. The number of nitrogens with zero attached hydrogens (tertiary/aromatic N) is 2. The fourth-order valence-electron chi connectivity index (χ4n) is 4.74. The van der Waals surface area contributed by atoms with Crippen molar-refractivity contribution in [2.45, 2.75) is 65.6 Å². The minimum atomic E-state index is -3.57. The lowest BCUT2D eigenvalue weighted by Crippen LogP contribution is -2.51. The molecule has 0 bridgehead atoms. The van der Waals surface area contributed by atoms with Crippen LogP contribution in [0.15, 0.2) is 77.3 Å². The monoisotopic (exact) mass is 641 g/mol. The number of hydrogen-bond donors (Lipinski definition) is 1. The molecule has 0 aromatic heterocycles. The number of rotatable bonds is 13. The Hall–Kier alpha value is -3.17. The lowest BCUT2D eigenvalue weighted by atomic mass is 10.0. The van der Waals surface area contributed by atoms with Crippen LogP contribution in [0, 0.1) is 13.8 Å². The van der Waals surface area contributed by atoms with E-state index in [0.717, 1.165) is 26.7 Å². The summed E-state index contributed by atoms with van der Waals surface area (Å²) in [7, 11) is -3.57. The zero-order valence-corrected chi connectivity index (χ0v) is 26.8. The van der Waals surface area contributed by atoms with Gasteiger partial charge in [-0.05, 0) is 74.6 Å². The number of carbonyl (C=O) groups excluding carboxylic acids is 2. The van der Waals surface area contributed by atoms with E-state index in [1.165, 1.54) is 10.6 Å². The summed E-state index contributed by atoms with van der Waals surface area (Å²) >= 11 is 3.51. The smallest absolute Gasteiger partial charge is 0.243 e. The van der Waals surface area contributed by atoms with Crippen molar-refractivity contribution in [1.82, 2.24) is 10.2 Å². The van der Waals surface area contributed by atoms with Gasteiger partial charge < -0.3 is 10.2 Å². The van der Waals surface area contributed by atoms with Crippen LogP contribution < -0.4 is 9.62 Å². The van der Waals surface area contributed by atoms with E-state index in [4.69, 9.17) is 0 Å². The van der Waals surface area contributed by atoms with Crippen molar-refractivity contribution in [2.24, 2.45) is 0 Å². The number of aryl methyl sites for hydroxylation is 2. The number of anilines is 1. The number of benzene rings is 3. The van der Waals surface area contributed by atoms with Crippen LogP contribution >= 0.6 is 15.9 Å². The van der Waals surface area contributed by atoms with Crippen LogP contribution in [0.4, 0.5) is 5.69 Å². The van der Waals surface area contributed by atoms with Gasteiger partial charge in [0.2, 0.25) is 21.8 Å².